The normalized spacial score (nSPS) is 11.9. The Labute approximate surface area is 348 Å². The van der Waals surface area contributed by atoms with Crippen molar-refractivity contribution >= 4 is 86.6 Å². The quantitative estimate of drug-likeness (QED) is 0.166. The van der Waals surface area contributed by atoms with Crippen molar-refractivity contribution in [1.29, 1.82) is 5.26 Å². The third-order valence-corrected chi connectivity index (χ3v) is 12.4. The first-order valence-corrected chi connectivity index (χ1v) is 20.4. The molecule has 0 fully saturated rings. The lowest BCUT2D eigenvalue weighted by Gasteiger charge is -2.17. The molecule has 0 radical (unpaired) electrons. The summed E-state index contributed by atoms with van der Waals surface area (Å²) in [5.41, 5.74) is 6.83. The molecule has 5 nitrogen and oxygen atoms in total. The van der Waals surface area contributed by atoms with Gasteiger partial charge in [0, 0.05) is 27.5 Å². The summed E-state index contributed by atoms with van der Waals surface area (Å²) in [7, 11) is 0. The molecule has 2 aromatic heterocycles. The van der Waals surface area contributed by atoms with Crippen molar-refractivity contribution in [2.45, 2.75) is 0 Å². The number of benzene rings is 10. The van der Waals surface area contributed by atoms with E-state index in [2.05, 4.69) is 127 Å². The van der Waals surface area contributed by atoms with Gasteiger partial charge in [0.15, 0.2) is 17.5 Å². The average molecular weight is 775 g/mol. The lowest BCUT2D eigenvalue weighted by atomic mass is 9.87. The standard InChI is InChI=1S/C56H30N4O/c57-31-32-17-19-33(20-18-32)37-10-3-11-39(27-37)54-58-55(40-25-26-43-42-12-1-2-16-48(42)61-49(43)30-40)60-56(59-54)41-28-38-24-23-36-8-5-14-45-44-13-4-7-34-21-22-35-9-6-15-46(52(35)50(34)44)47(29-41)53(38)51(36)45/h1-30H. The Bertz CT molecular complexity index is 4000. The molecule has 0 saturated heterocycles. The van der Waals surface area contributed by atoms with Crippen molar-refractivity contribution in [3.8, 4) is 51.4 Å². The Morgan fingerprint density at radius 2 is 0.836 bits per heavy atom. The molecule has 0 saturated carbocycles. The summed E-state index contributed by atoms with van der Waals surface area (Å²) >= 11 is 0. The van der Waals surface area contributed by atoms with Crippen molar-refractivity contribution < 1.29 is 4.42 Å². The van der Waals surface area contributed by atoms with Crippen LogP contribution in [0.3, 0.4) is 0 Å². The van der Waals surface area contributed by atoms with E-state index < -0.39 is 0 Å². The first kappa shape index (κ1) is 33.5. The zero-order chi connectivity index (χ0) is 40.2. The highest BCUT2D eigenvalue weighted by molar-refractivity contribution is 6.37. The van der Waals surface area contributed by atoms with E-state index in [1.165, 1.54) is 53.9 Å². The number of aromatic nitrogens is 3. The maximum atomic E-state index is 9.43. The largest absolute Gasteiger partial charge is 0.456 e. The van der Waals surface area contributed by atoms with Crippen LogP contribution < -0.4 is 0 Å². The second-order valence-corrected chi connectivity index (χ2v) is 15.8. The highest BCUT2D eigenvalue weighted by atomic mass is 16.3. The van der Waals surface area contributed by atoms with E-state index in [-0.39, 0.29) is 0 Å². The van der Waals surface area contributed by atoms with Crippen molar-refractivity contribution in [2.24, 2.45) is 0 Å². The van der Waals surface area contributed by atoms with Gasteiger partial charge in [-0.15, -0.1) is 0 Å². The third-order valence-electron chi connectivity index (χ3n) is 12.4. The molecule has 0 aliphatic rings. The third kappa shape index (κ3) is 5.10. The number of furan rings is 1. The van der Waals surface area contributed by atoms with Crippen LogP contribution >= 0.6 is 0 Å². The molecule has 0 bridgehead atoms. The van der Waals surface area contributed by atoms with Gasteiger partial charge in [-0.1, -0.05) is 133 Å². The molecule has 11 aromatic carbocycles. The van der Waals surface area contributed by atoms with Crippen LogP contribution in [0.25, 0.3) is 132 Å². The highest BCUT2D eigenvalue weighted by Crippen LogP contribution is 2.44. The van der Waals surface area contributed by atoms with Crippen LogP contribution in [0.15, 0.2) is 186 Å². The Balaban J connectivity index is 1.11. The maximum absolute atomic E-state index is 9.43. The van der Waals surface area contributed by atoms with Crippen LogP contribution in [-0.2, 0) is 0 Å². The molecule has 13 aromatic rings. The number of fused-ring (bicyclic) bond motifs is 5. The summed E-state index contributed by atoms with van der Waals surface area (Å²) < 4.78 is 6.35. The second kappa shape index (κ2) is 12.8. The molecule has 0 atom stereocenters. The Hall–Kier alpha value is -8.46. The fourth-order valence-corrected chi connectivity index (χ4v) is 9.62. The van der Waals surface area contributed by atoms with E-state index >= 15 is 0 Å². The number of nitriles is 1. The van der Waals surface area contributed by atoms with Gasteiger partial charge in [-0.2, -0.15) is 5.26 Å². The topological polar surface area (TPSA) is 75.6 Å². The first-order chi connectivity index (χ1) is 30.1. The second-order valence-electron chi connectivity index (χ2n) is 15.8. The number of nitrogens with zero attached hydrogens (tertiary/aromatic N) is 4. The lowest BCUT2D eigenvalue weighted by molar-refractivity contribution is 0.669. The van der Waals surface area contributed by atoms with Crippen molar-refractivity contribution in [3.05, 3.63) is 188 Å². The Kier molecular flexibility index (Phi) is 7.01. The zero-order valence-corrected chi connectivity index (χ0v) is 32.5. The number of hydrogen-bond acceptors (Lipinski definition) is 5. The first-order valence-electron chi connectivity index (χ1n) is 20.4. The minimum Gasteiger partial charge on any atom is -0.456 e. The minimum atomic E-state index is 0.551. The van der Waals surface area contributed by atoms with E-state index in [0.717, 1.165) is 60.5 Å². The van der Waals surface area contributed by atoms with Crippen LogP contribution in [0.5, 0.6) is 0 Å². The number of rotatable bonds is 4. The van der Waals surface area contributed by atoms with Crippen LogP contribution in [0, 0.1) is 11.3 Å². The van der Waals surface area contributed by atoms with Gasteiger partial charge in [0.1, 0.15) is 11.2 Å². The molecular formula is C56H30N4O. The van der Waals surface area contributed by atoms with E-state index in [4.69, 9.17) is 19.4 Å². The minimum absolute atomic E-state index is 0.551. The monoisotopic (exact) mass is 774 g/mol. The summed E-state index contributed by atoms with van der Waals surface area (Å²) in [5, 5.41) is 26.1. The Morgan fingerprint density at radius 1 is 0.328 bits per heavy atom. The van der Waals surface area contributed by atoms with E-state index in [1.807, 2.05) is 60.7 Å². The predicted molar refractivity (Wildman–Crippen MR) is 250 cm³/mol. The predicted octanol–water partition coefficient (Wildman–Crippen LogP) is 14.7. The van der Waals surface area contributed by atoms with Gasteiger partial charge >= 0.3 is 0 Å². The van der Waals surface area contributed by atoms with E-state index in [1.54, 1.807) is 0 Å². The van der Waals surface area contributed by atoms with E-state index in [9.17, 15) is 5.26 Å². The molecule has 280 valence electrons. The Morgan fingerprint density at radius 3 is 1.51 bits per heavy atom. The van der Waals surface area contributed by atoms with Crippen LogP contribution in [0.1, 0.15) is 5.56 Å². The average Bonchev–Trinajstić information content (AvgIpc) is 3.70. The zero-order valence-electron chi connectivity index (χ0n) is 32.5. The van der Waals surface area contributed by atoms with Crippen molar-refractivity contribution in [2.75, 3.05) is 0 Å². The van der Waals surface area contributed by atoms with Gasteiger partial charge in [-0.25, -0.2) is 15.0 Å². The SMILES string of the molecule is N#Cc1ccc(-c2cccc(-c3nc(-c4ccc5c(c4)oc4ccccc45)nc(-c4cc5ccc6cccc7c8cccc9ccc%10cccc(c(c4)c5c67)c%10c98)n3)c2)cc1. The smallest absolute Gasteiger partial charge is 0.164 e. The lowest BCUT2D eigenvalue weighted by Crippen LogP contribution is -2.00. The summed E-state index contributed by atoms with van der Waals surface area (Å²) in [6.45, 7) is 0. The van der Waals surface area contributed by atoms with Gasteiger partial charge in [0.2, 0.25) is 0 Å². The van der Waals surface area contributed by atoms with Gasteiger partial charge in [-0.05, 0) is 124 Å². The van der Waals surface area contributed by atoms with Crippen molar-refractivity contribution in [1.82, 2.24) is 15.0 Å². The summed E-state index contributed by atoms with van der Waals surface area (Å²) in [5.74, 6) is 1.69. The molecule has 0 amide bonds. The molecule has 0 N–H and O–H groups in total. The van der Waals surface area contributed by atoms with Gasteiger partial charge in [-0.3, -0.25) is 0 Å². The number of hydrogen-bond donors (Lipinski definition) is 0. The van der Waals surface area contributed by atoms with E-state index in [0.29, 0.717) is 23.0 Å². The highest BCUT2D eigenvalue weighted by Gasteiger charge is 2.19. The number of para-hydroxylation sites is 1. The van der Waals surface area contributed by atoms with Gasteiger partial charge < -0.3 is 4.42 Å². The molecular weight excluding hydrogens is 745 g/mol. The van der Waals surface area contributed by atoms with Gasteiger partial charge in [0.05, 0.1) is 11.6 Å². The molecule has 61 heavy (non-hydrogen) atoms. The van der Waals surface area contributed by atoms with Crippen LogP contribution in [-0.4, -0.2) is 15.0 Å². The molecule has 13 rings (SSSR count). The molecule has 2 heterocycles. The maximum Gasteiger partial charge on any atom is 0.164 e. The van der Waals surface area contributed by atoms with Crippen LogP contribution in [0.4, 0.5) is 0 Å². The summed E-state index contributed by atoms with van der Waals surface area (Å²) in [6.07, 6.45) is 0. The summed E-state index contributed by atoms with van der Waals surface area (Å²) in [4.78, 5) is 15.8. The fraction of sp³-hybridized carbons (Fsp3) is 0. The molecule has 0 spiro atoms. The molecule has 0 aliphatic carbocycles. The molecule has 0 aliphatic heterocycles. The fourth-order valence-electron chi connectivity index (χ4n) is 9.62. The summed E-state index contributed by atoms with van der Waals surface area (Å²) in [6, 6.07) is 66.0. The molecule has 0 unspecified atom stereocenters. The van der Waals surface area contributed by atoms with Crippen molar-refractivity contribution in [3.63, 3.8) is 0 Å². The van der Waals surface area contributed by atoms with Gasteiger partial charge in [0.25, 0.3) is 0 Å². The molecule has 5 heteroatoms. The van der Waals surface area contributed by atoms with Crippen LogP contribution in [0.2, 0.25) is 0 Å².